The molecule has 0 aliphatic carbocycles. The molecule has 1 aromatic heterocycles. The lowest BCUT2D eigenvalue weighted by molar-refractivity contribution is -0.132. The molecule has 1 unspecified atom stereocenters. The average molecular weight is 504 g/mol. The van der Waals surface area contributed by atoms with Crippen LogP contribution < -0.4 is 4.74 Å². The molecule has 1 saturated heterocycles. The van der Waals surface area contributed by atoms with E-state index in [4.69, 9.17) is 9.47 Å². The maximum Gasteiger partial charge on any atom is 0.338 e. The first kappa shape index (κ1) is 24.9. The van der Waals surface area contributed by atoms with Gasteiger partial charge in [-0.2, -0.15) is 0 Å². The maximum absolute atomic E-state index is 13.2. The molecule has 0 N–H and O–H groups in total. The van der Waals surface area contributed by atoms with Crippen molar-refractivity contribution in [1.82, 2.24) is 14.4 Å². The van der Waals surface area contributed by atoms with Crippen LogP contribution in [-0.2, 0) is 22.6 Å². The van der Waals surface area contributed by atoms with Crippen molar-refractivity contribution in [2.24, 2.45) is 0 Å². The summed E-state index contributed by atoms with van der Waals surface area (Å²) >= 11 is 0. The van der Waals surface area contributed by atoms with Crippen molar-refractivity contribution >= 4 is 28.8 Å². The summed E-state index contributed by atoms with van der Waals surface area (Å²) in [4.78, 5) is 41.4. The van der Waals surface area contributed by atoms with Crippen molar-refractivity contribution < 1.29 is 23.9 Å². The third-order valence-electron chi connectivity index (χ3n) is 6.87. The third kappa shape index (κ3) is 4.56. The summed E-state index contributed by atoms with van der Waals surface area (Å²) in [5.74, 6) is -0.177. The van der Waals surface area contributed by atoms with Crippen LogP contribution in [0.5, 0.6) is 5.75 Å². The molecule has 3 heterocycles. The molecule has 37 heavy (non-hydrogen) atoms. The van der Waals surface area contributed by atoms with Gasteiger partial charge in [0.25, 0.3) is 0 Å². The zero-order chi connectivity index (χ0) is 26.5. The van der Waals surface area contributed by atoms with Gasteiger partial charge in [0.05, 0.1) is 24.6 Å². The first-order valence-corrected chi connectivity index (χ1v) is 12.7. The van der Waals surface area contributed by atoms with Gasteiger partial charge in [0.2, 0.25) is 5.91 Å². The van der Waals surface area contributed by atoms with Gasteiger partial charge in [-0.05, 0) is 68.7 Å². The minimum absolute atomic E-state index is 0.178. The summed E-state index contributed by atoms with van der Waals surface area (Å²) in [6, 6.07) is 13.1. The van der Waals surface area contributed by atoms with E-state index in [1.54, 1.807) is 24.1 Å². The van der Waals surface area contributed by atoms with Crippen molar-refractivity contribution in [3.8, 4) is 5.75 Å². The lowest BCUT2D eigenvalue weighted by Gasteiger charge is -2.41. The molecule has 3 aromatic rings. The summed E-state index contributed by atoms with van der Waals surface area (Å²) in [5.41, 5.74) is 3.86. The zero-order valence-corrected chi connectivity index (χ0v) is 22.0. The molecule has 0 saturated carbocycles. The highest BCUT2D eigenvalue weighted by Crippen LogP contribution is 2.41. The van der Waals surface area contributed by atoms with Gasteiger partial charge >= 0.3 is 12.0 Å². The number of fused-ring (bicyclic) bond motifs is 6. The van der Waals surface area contributed by atoms with Crippen molar-refractivity contribution in [3.05, 3.63) is 64.8 Å². The van der Waals surface area contributed by atoms with Gasteiger partial charge < -0.3 is 18.9 Å². The van der Waals surface area contributed by atoms with Crippen LogP contribution in [0.4, 0.5) is 4.79 Å². The van der Waals surface area contributed by atoms with Gasteiger partial charge in [-0.25, -0.2) is 9.59 Å². The molecule has 1 atom stereocenters. The van der Waals surface area contributed by atoms with Crippen molar-refractivity contribution in [1.29, 1.82) is 0 Å². The Bertz CT molecular complexity index is 1380. The summed E-state index contributed by atoms with van der Waals surface area (Å²) in [6.07, 6.45) is 0.902. The second-order valence-electron chi connectivity index (χ2n) is 10.8. The molecule has 3 amide bonds. The minimum atomic E-state index is -0.561. The first-order chi connectivity index (χ1) is 17.6. The van der Waals surface area contributed by atoms with Crippen LogP contribution in [-0.4, -0.2) is 58.1 Å². The third-order valence-corrected chi connectivity index (χ3v) is 6.87. The number of hydrogen-bond donors (Lipinski definition) is 0. The predicted octanol–water partition coefficient (Wildman–Crippen LogP) is 4.92. The molecule has 2 aliphatic heterocycles. The highest BCUT2D eigenvalue weighted by atomic mass is 16.6. The minimum Gasteiger partial charge on any atom is -0.494 e. The van der Waals surface area contributed by atoms with E-state index in [2.05, 4.69) is 11.5 Å². The molecule has 2 aromatic carbocycles. The quantitative estimate of drug-likeness (QED) is 0.446. The number of amides is 3. The molecule has 2 aliphatic rings. The second-order valence-corrected chi connectivity index (χ2v) is 10.8. The number of urea groups is 1. The molecule has 0 spiro atoms. The molecule has 8 heteroatoms. The van der Waals surface area contributed by atoms with Crippen LogP contribution in [0.15, 0.2) is 42.5 Å². The van der Waals surface area contributed by atoms with E-state index in [0.717, 1.165) is 39.9 Å². The molecule has 5 rings (SSSR count). The van der Waals surface area contributed by atoms with Crippen LogP contribution >= 0.6 is 0 Å². The van der Waals surface area contributed by atoms with E-state index in [1.807, 2.05) is 51.1 Å². The molecule has 2 bridgehead atoms. The molecule has 194 valence electrons. The fraction of sp³-hybridized carbons (Fsp3) is 0.414. The number of esters is 1. The van der Waals surface area contributed by atoms with Crippen LogP contribution in [0.2, 0.25) is 0 Å². The number of hydrogen-bond acceptors (Lipinski definition) is 5. The Morgan fingerprint density at radius 1 is 1.08 bits per heavy atom. The zero-order valence-electron chi connectivity index (χ0n) is 22.0. The Morgan fingerprint density at radius 3 is 2.49 bits per heavy atom. The van der Waals surface area contributed by atoms with Crippen LogP contribution in [0.1, 0.15) is 67.2 Å². The summed E-state index contributed by atoms with van der Waals surface area (Å²) < 4.78 is 13.6. The van der Waals surface area contributed by atoms with Crippen molar-refractivity contribution in [2.45, 2.75) is 58.7 Å². The number of aromatic nitrogens is 1. The lowest BCUT2D eigenvalue weighted by atomic mass is 9.89. The molecular weight excluding hydrogens is 470 g/mol. The van der Waals surface area contributed by atoms with Gasteiger partial charge in [0, 0.05) is 36.7 Å². The highest BCUT2D eigenvalue weighted by Gasteiger charge is 2.44. The van der Waals surface area contributed by atoms with Crippen LogP contribution in [0.25, 0.3) is 10.9 Å². The Labute approximate surface area is 216 Å². The largest absolute Gasteiger partial charge is 0.494 e. The standard InChI is InChI=1S/C29H33N3O5/c1-6-13-36-20-11-12-23-21(14-20)25-22-16-31(28(35)30(5)26(22)33)17-24(25)32(23)15-18-7-9-19(10-8-18)27(34)37-29(2,3)4/h7-12,14,22H,6,13,15-17H2,1-5H3. The van der Waals surface area contributed by atoms with E-state index < -0.39 is 11.5 Å². The smallest absolute Gasteiger partial charge is 0.338 e. The summed E-state index contributed by atoms with van der Waals surface area (Å²) in [5, 5.41) is 0.981. The number of carbonyl (C=O) groups excluding carboxylic acids is 3. The highest BCUT2D eigenvalue weighted by molar-refractivity contribution is 6.04. The number of rotatable bonds is 6. The number of benzene rings is 2. The molecule has 0 radical (unpaired) electrons. The topological polar surface area (TPSA) is 81.1 Å². The normalized spacial score (nSPS) is 17.3. The van der Waals surface area contributed by atoms with Crippen LogP contribution in [0.3, 0.4) is 0 Å². The van der Waals surface area contributed by atoms with Crippen LogP contribution in [0, 0.1) is 0 Å². The van der Waals surface area contributed by atoms with Gasteiger partial charge in [-0.15, -0.1) is 0 Å². The van der Waals surface area contributed by atoms with E-state index >= 15 is 0 Å². The molecular formula is C29H33N3O5. The maximum atomic E-state index is 13.2. The van der Waals surface area contributed by atoms with Gasteiger partial charge in [-0.3, -0.25) is 9.69 Å². The number of nitrogens with zero attached hydrogens (tertiary/aromatic N) is 3. The predicted molar refractivity (Wildman–Crippen MR) is 140 cm³/mol. The van der Waals surface area contributed by atoms with Gasteiger partial charge in [0.1, 0.15) is 11.4 Å². The van der Waals surface area contributed by atoms with E-state index in [9.17, 15) is 14.4 Å². The fourth-order valence-corrected chi connectivity index (χ4v) is 5.17. The summed E-state index contributed by atoms with van der Waals surface area (Å²) in [7, 11) is 1.55. The molecule has 8 nitrogen and oxygen atoms in total. The fourth-order valence-electron chi connectivity index (χ4n) is 5.17. The number of imide groups is 1. The second kappa shape index (κ2) is 9.25. The van der Waals surface area contributed by atoms with E-state index in [-0.39, 0.29) is 17.9 Å². The first-order valence-electron chi connectivity index (χ1n) is 12.7. The SMILES string of the molecule is CCCOc1ccc2c(c1)c1c(n2Cc2ccc(C(=O)OC(C)(C)C)cc2)CN2CC1C(=O)N(C)C2=O. The van der Waals surface area contributed by atoms with E-state index in [0.29, 0.717) is 31.8 Å². The van der Waals surface area contributed by atoms with Gasteiger partial charge in [0.15, 0.2) is 0 Å². The Kier molecular flexibility index (Phi) is 6.22. The Morgan fingerprint density at radius 2 is 1.81 bits per heavy atom. The average Bonchev–Trinajstić information content (AvgIpc) is 3.16. The Balaban J connectivity index is 1.55. The van der Waals surface area contributed by atoms with Crippen molar-refractivity contribution in [2.75, 3.05) is 20.2 Å². The Hall–Kier alpha value is -3.81. The monoisotopic (exact) mass is 503 g/mol. The van der Waals surface area contributed by atoms with E-state index in [1.165, 1.54) is 4.90 Å². The van der Waals surface area contributed by atoms with Crippen molar-refractivity contribution in [3.63, 3.8) is 0 Å². The van der Waals surface area contributed by atoms with Gasteiger partial charge in [-0.1, -0.05) is 19.1 Å². The lowest BCUT2D eigenvalue weighted by Crippen LogP contribution is -2.56. The summed E-state index contributed by atoms with van der Waals surface area (Å²) in [6.45, 7) is 9.56. The number of carbonyl (C=O) groups is 3. The number of ether oxygens (including phenoxy) is 2. The molecule has 1 fully saturated rings. The number of likely N-dealkylation sites (N-methyl/N-ethyl adjacent to an activating group) is 1.